The summed E-state index contributed by atoms with van der Waals surface area (Å²) in [6.45, 7) is 2.20. The van der Waals surface area contributed by atoms with Crippen LogP contribution in [-0.2, 0) is 0 Å². The van der Waals surface area contributed by atoms with E-state index in [0.29, 0.717) is 16.8 Å². The third-order valence-electron chi connectivity index (χ3n) is 3.64. The quantitative estimate of drug-likeness (QED) is 0.656. The molecule has 1 aromatic rings. The van der Waals surface area contributed by atoms with Crippen molar-refractivity contribution in [3.05, 3.63) is 33.3 Å². The summed E-state index contributed by atoms with van der Waals surface area (Å²) in [6.07, 6.45) is 4.65. The lowest BCUT2D eigenvalue weighted by molar-refractivity contribution is -0.384. The molecular formula is C13H17ClN2O2. The molecule has 0 spiro atoms. The zero-order valence-corrected chi connectivity index (χ0v) is 11.1. The van der Waals surface area contributed by atoms with Gasteiger partial charge >= 0.3 is 0 Å². The van der Waals surface area contributed by atoms with Gasteiger partial charge in [0.05, 0.1) is 15.6 Å². The van der Waals surface area contributed by atoms with Crippen molar-refractivity contribution in [2.75, 3.05) is 5.32 Å². The molecule has 98 valence electrons. The number of benzene rings is 1. The average molecular weight is 269 g/mol. The van der Waals surface area contributed by atoms with Gasteiger partial charge in [-0.25, -0.2) is 0 Å². The van der Waals surface area contributed by atoms with E-state index >= 15 is 0 Å². The minimum absolute atomic E-state index is 0.0759. The highest BCUT2D eigenvalue weighted by molar-refractivity contribution is 6.33. The predicted molar refractivity (Wildman–Crippen MR) is 73.1 cm³/mol. The van der Waals surface area contributed by atoms with Gasteiger partial charge in [0, 0.05) is 18.2 Å². The van der Waals surface area contributed by atoms with Crippen molar-refractivity contribution in [3.8, 4) is 0 Å². The first-order valence-electron chi connectivity index (χ1n) is 6.30. The standard InChI is InChI=1S/C13H17ClN2O2/c1-2-9-3-4-10(7-9)15-13-8-11(16(17)18)5-6-12(13)14/h5-6,8-10,15H,2-4,7H2,1H3. The number of halogens is 1. The Morgan fingerprint density at radius 1 is 1.50 bits per heavy atom. The predicted octanol–water partition coefficient (Wildman–Crippen LogP) is 4.24. The zero-order chi connectivity index (χ0) is 13.1. The van der Waals surface area contributed by atoms with Crippen molar-refractivity contribution in [2.24, 2.45) is 5.92 Å². The van der Waals surface area contributed by atoms with Gasteiger partial charge in [-0.15, -0.1) is 0 Å². The van der Waals surface area contributed by atoms with Crippen LogP contribution in [0.15, 0.2) is 18.2 Å². The van der Waals surface area contributed by atoms with E-state index in [2.05, 4.69) is 12.2 Å². The Hall–Kier alpha value is -1.29. The van der Waals surface area contributed by atoms with Crippen LogP contribution in [0.3, 0.4) is 0 Å². The number of nitro benzene ring substituents is 1. The van der Waals surface area contributed by atoms with E-state index in [4.69, 9.17) is 11.6 Å². The Morgan fingerprint density at radius 2 is 2.28 bits per heavy atom. The Morgan fingerprint density at radius 3 is 2.89 bits per heavy atom. The molecule has 18 heavy (non-hydrogen) atoms. The van der Waals surface area contributed by atoms with Crippen LogP contribution in [0, 0.1) is 16.0 Å². The van der Waals surface area contributed by atoms with Gasteiger partial charge in [0.1, 0.15) is 0 Å². The molecule has 0 bridgehead atoms. The number of non-ortho nitro benzene ring substituents is 1. The largest absolute Gasteiger partial charge is 0.381 e. The first-order chi connectivity index (χ1) is 8.60. The summed E-state index contributed by atoms with van der Waals surface area (Å²) in [5.74, 6) is 0.764. The SMILES string of the molecule is CCC1CCC(Nc2cc([N+](=O)[O-])ccc2Cl)C1. The van der Waals surface area contributed by atoms with Crippen LogP contribution < -0.4 is 5.32 Å². The first kappa shape index (κ1) is 13.1. The van der Waals surface area contributed by atoms with Crippen LogP contribution in [-0.4, -0.2) is 11.0 Å². The maximum absolute atomic E-state index is 10.7. The normalized spacial score (nSPS) is 23.0. The zero-order valence-electron chi connectivity index (χ0n) is 10.4. The minimum Gasteiger partial charge on any atom is -0.381 e. The third-order valence-corrected chi connectivity index (χ3v) is 3.97. The number of hydrogen-bond donors (Lipinski definition) is 1. The van der Waals surface area contributed by atoms with Gasteiger partial charge in [-0.2, -0.15) is 0 Å². The van der Waals surface area contributed by atoms with Crippen LogP contribution in [0.25, 0.3) is 0 Å². The second-order valence-corrected chi connectivity index (χ2v) is 5.26. The van der Waals surface area contributed by atoms with E-state index in [1.165, 1.54) is 25.0 Å². The van der Waals surface area contributed by atoms with E-state index in [-0.39, 0.29) is 5.69 Å². The molecule has 1 aromatic carbocycles. The molecule has 0 amide bonds. The molecule has 0 saturated heterocycles. The summed E-state index contributed by atoms with van der Waals surface area (Å²) < 4.78 is 0. The Kier molecular flexibility index (Phi) is 4.07. The van der Waals surface area contributed by atoms with Crippen molar-refractivity contribution in [1.82, 2.24) is 0 Å². The summed E-state index contributed by atoms with van der Waals surface area (Å²) in [5, 5.41) is 14.6. The molecule has 0 heterocycles. The smallest absolute Gasteiger partial charge is 0.271 e. The van der Waals surface area contributed by atoms with E-state index in [1.54, 1.807) is 6.07 Å². The number of anilines is 1. The number of rotatable bonds is 4. The van der Waals surface area contributed by atoms with Gasteiger partial charge in [-0.05, 0) is 31.2 Å². The van der Waals surface area contributed by atoms with Crippen LogP contribution in [0.1, 0.15) is 32.6 Å². The lowest BCUT2D eigenvalue weighted by Gasteiger charge is -2.15. The van der Waals surface area contributed by atoms with Crippen molar-refractivity contribution >= 4 is 23.0 Å². The minimum atomic E-state index is -0.398. The third kappa shape index (κ3) is 2.93. The van der Waals surface area contributed by atoms with Gasteiger partial charge < -0.3 is 5.32 Å². The number of nitrogens with one attached hydrogen (secondary N) is 1. The fraction of sp³-hybridized carbons (Fsp3) is 0.538. The van der Waals surface area contributed by atoms with Crippen LogP contribution >= 0.6 is 11.6 Å². The molecule has 4 nitrogen and oxygen atoms in total. The molecule has 0 radical (unpaired) electrons. The highest BCUT2D eigenvalue weighted by atomic mass is 35.5. The van der Waals surface area contributed by atoms with E-state index < -0.39 is 4.92 Å². The second-order valence-electron chi connectivity index (χ2n) is 4.85. The topological polar surface area (TPSA) is 55.2 Å². The maximum atomic E-state index is 10.7. The summed E-state index contributed by atoms with van der Waals surface area (Å²) >= 11 is 6.06. The molecule has 1 saturated carbocycles. The highest BCUT2D eigenvalue weighted by Gasteiger charge is 2.24. The summed E-state index contributed by atoms with van der Waals surface area (Å²) in [4.78, 5) is 10.3. The summed E-state index contributed by atoms with van der Waals surface area (Å²) in [5.41, 5.74) is 0.750. The maximum Gasteiger partial charge on any atom is 0.271 e. The van der Waals surface area contributed by atoms with Gasteiger partial charge in [0.25, 0.3) is 5.69 Å². The highest BCUT2D eigenvalue weighted by Crippen LogP contribution is 2.33. The molecule has 5 heteroatoms. The fourth-order valence-electron chi connectivity index (χ4n) is 2.53. The lowest BCUT2D eigenvalue weighted by atomic mass is 10.1. The molecule has 1 aliphatic rings. The van der Waals surface area contributed by atoms with Gasteiger partial charge in [-0.3, -0.25) is 10.1 Å². The van der Waals surface area contributed by atoms with E-state index in [0.717, 1.165) is 18.8 Å². The summed E-state index contributed by atoms with van der Waals surface area (Å²) in [7, 11) is 0. The number of nitrogens with zero attached hydrogens (tertiary/aromatic N) is 1. The van der Waals surface area contributed by atoms with Crippen LogP contribution in [0.4, 0.5) is 11.4 Å². The molecule has 0 aromatic heterocycles. The Balaban J connectivity index is 2.09. The first-order valence-corrected chi connectivity index (χ1v) is 6.68. The molecule has 1 aliphatic carbocycles. The summed E-state index contributed by atoms with van der Waals surface area (Å²) in [6, 6.07) is 4.90. The molecule has 2 atom stereocenters. The number of hydrogen-bond acceptors (Lipinski definition) is 3. The van der Waals surface area contributed by atoms with Gasteiger partial charge in [0.15, 0.2) is 0 Å². The molecule has 1 fully saturated rings. The van der Waals surface area contributed by atoms with Crippen LogP contribution in [0.2, 0.25) is 5.02 Å². The van der Waals surface area contributed by atoms with E-state index in [1.807, 2.05) is 0 Å². The van der Waals surface area contributed by atoms with Crippen molar-refractivity contribution in [1.29, 1.82) is 0 Å². The van der Waals surface area contributed by atoms with Gasteiger partial charge in [-0.1, -0.05) is 24.9 Å². The van der Waals surface area contributed by atoms with Crippen LogP contribution in [0.5, 0.6) is 0 Å². The molecule has 1 N–H and O–H groups in total. The monoisotopic (exact) mass is 268 g/mol. The Bertz CT molecular complexity index is 451. The van der Waals surface area contributed by atoms with Crippen molar-refractivity contribution in [2.45, 2.75) is 38.6 Å². The number of nitro groups is 1. The molecular weight excluding hydrogens is 252 g/mol. The molecule has 2 rings (SSSR count). The lowest BCUT2D eigenvalue weighted by Crippen LogP contribution is -2.15. The molecule has 0 aliphatic heterocycles. The second kappa shape index (κ2) is 5.57. The van der Waals surface area contributed by atoms with Gasteiger partial charge in [0.2, 0.25) is 0 Å². The van der Waals surface area contributed by atoms with E-state index in [9.17, 15) is 10.1 Å². The fourth-order valence-corrected chi connectivity index (χ4v) is 2.71. The average Bonchev–Trinajstić information content (AvgIpc) is 2.79. The van der Waals surface area contributed by atoms with Crippen molar-refractivity contribution < 1.29 is 4.92 Å². The Labute approximate surface area is 111 Å². The molecule has 2 unspecified atom stereocenters. The van der Waals surface area contributed by atoms with Crippen molar-refractivity contribution in [3.63, 3.8) is 0 Å².